The Hall–Kier alpha value is -1.27. The van der Waals surface area contributed by atoms with Crippen LogP contribution in [0.15, 0.2) is 41.7 Å². The maximum atomic E-state index is 10.6. The number of fused-ring (bicyclic) bond motifs is 2. The molecule has 5 rings (SSSR count). The van der Waals surface area contributed by atoms with E-state index in [1.54, 1.807) is 16.8 Å². The third kappa shape index (κ3) is 4.68. The van der Waals surface area contributed by atoms with E-state index in [9.17, 15) is 5.11 Å². The van der Waals surface area contributed by atoms with Crippen LogP contribution in [0.4, 0.5) is 5.69 Å². The van der Waals surface area contributed by atoms with Crippen LogP contribution in [0.2, 0.25) is 5.02 Å². The summed E-state index contributed by atoms with van der Waals surface area (Å²) in [5.41, 5.74) is 4.48. The molecule has 1 atom stereocenters. The topological polar surface area (TPSA) is 79.4 Å². The Kier molecular flexibility index (Phi) is 7.12. The molecule has 7 nitrogen and oxygen atoms in total. The SMILES string of the molecule is CC1=N[CH-][C@@H](C)CN(c2cnc3nc(-c4cc5cn(C)nc5cc4O)cc(Cl)c3c2)C1.[Cs+]. The predicted molar refractivity (Wildman–Crippen MR) is 125 cm³/mol. The molecular weight excluding hydrogens is 545 g/mol. The molecule has 4 heterocycles. The smallest absolute Gasteiger partial charge is 0.507 e. The van der Waals surface area contributed by atoms with Crippen molar-refractivity contribution >= 4 is 44.9 Å². The average molecular weight is 567 g/mol. The van der Waals surface area contributed by atoms with E-state index in [1.807, 2.05) is 45.0 Å². The number of aromatic hydroxyl groups is 1. The molecule has 1 aliphatic heterocycles. The number of rotatable bonds is 2. The van der Waals surface area contributed by atoms with E-state index in [0.717, 1.165) is 40.8 Å². The van der Waals surface area contributed by atoms with Gasteiger partial charge in [-0.3, -0.25) is 4.68 Å². The van der Waals surface area contributed by atoms with Crippen LogP contribution in [-0.2, 0) is 7.05 Å². The molecule has 0 amide bonds. The van der Waals surface area contributed by atoms with Gasteiger partial charge in [0.1, 0.15) is 5.75 Å². The summed E-state index contributed by atoms with van der Waals surface area (Å²) in [6.07, 6.45) is 3.72. The molecule has 3 aromatic heterocycles. The first-order chi connectivity index (χ1) is 14.9. The van der Waals surface area contributed by atoms with E-state index in [4.69, 9.17) is 11.6 Å². The monoisotopic (exact) mass is 566 g/mol. The Balaban J connectivity index is 0.00000245. The van der Waals surface area contributed by atoms with Crippen LogP contribution in [0.3, 0.4) is 0 Å². The van der Waals surface area contributed by atoms with Crippen LogP contribution >= 0.6 is 11.6 Å². The number of halogens is 1. The first kappa shape index (κ1) is 23.9. The molecule has 0 unspecified atom stereocenters. The maximum absolute atomic E-state index is 10.6. The summed E-state index contributed by atoms with van der Waals surface area (Å²) < 4.78 is 1.71. The number of aliphatic imine (C=N–C) groups is 1. The summed E-state index contributed by atoms with van der Waals surface area (Å²) in [5, 5.41) is 17.1. The van der Waals surface area contributed by atoms with E-state index in [0.29, 0.717) is 27.8 Å². The number of pyridine rings is 2. The molecule has 1 aliphatic rings. The van der Waals surface area contributed by atoms with Crippen molar-refractivity contribution in [3.8, 4) is 17.0 Å². The second kappa shape index (κ2) is 9.54. The Labute approximate surface area is 250 Å². The molecule has 0 saturated heterocycles. The van der Waals surface area contributed by atoms with E-state index in [-0.39, 0.29) is 74.6 Å². The molecule has 1 aromatic carbocycles. The molecule has 0 radical (unpaired) electrons. The van der Waals surface area contributed by atoms with Gasteiger partial charge in [-0.25, -0.2) is 9.97 Å². The molecule has 0 aliphatic carbocycles. The minimum absolute atomic E-state index is 0. The van der Waals surface area contributed by atoms with Gasteiger partial charge in [0.25, 0.3) is 0 Å². The number of hydrogen-bond donors (Lipinski definition) is 1. The van der Waals surface area contributed by atoms with Gasteiger partial charge in [-0.15, -0.1) is 12.3 Å². The van der Waals surface area contributed by atoms with Crippen molar-refractivity contribution in [3.05, 3.63) is 48.2 Å². The van der Waals surface area contributed by atoms with Gasteiger partial charge in [-0.1, -0.05) is 31.4 Å². The van der Waals surface area contributed by atoms with Crippen molar-refractivity contribution < 1.29 is 74.0 Å². The second-order valence-corrected chi connectivity index (χ2v) is 8.56. The molecular formula is C23H22ClCsN6O. The standard InChI is InChI=1S/C23H22ClN6O.Cs/c1-13-8-25-14(2)11-30(10-13)16-5-17-19(24)6-21(27-23(17)26-9-16)18-4-15-12-29(3)28-20(15)7-22(18)31;/h4-9,12-13,31H,10-11H2,1-3H3;/q-1;+1/t13-;/m1./s1. The fourth-order valence-corrected chi connectivity index (χ4v) is 4.23. The Morgan fingerprint density at radius 2 is 2.03 bits per heavy atom. The minimum Gasteiger partial charge on any atom is -0.507 e. The van der Waals surface area contributed by atoms with Gasteiger partial charge in [0.2, 0.25) is 0 Å². The summed E-state index contributed by atoms with van der Waals surface area (Å²) in [6, 6.07) is 7.31. The normalized spacial score (nSPS) is 16.4. The van der Waals surface area contributed by atoms with Crippen LogP contribution in [0.5, 0.6) is 5.75 Å². The van der Waals surface area contributed by atoms with Gasteiger partial charge in [0.15, 0.2) is 5.65 Å². The molecule has 0 spiro atoms. The Bertz CT molecular complexity index is 1350. The minimum atomic E-state index is 0. The number of aryl methyl sites for hydroxylation is 1. The zero-order valence-electron chi connectivity index (χ0n) is 18.5. The average Bonchev–Trinajstić information content (AvgIpc) is 3.00. The summed E-state index contributed by atoms with van der Waals surface area (Å²) >= 11 is 6.66. The molecule has 0 bridgehead atoms. The van der Waals surface area contributed by atoms with Crippen LogP contribution in [-0.4, -0.2) is 43.7 Å². The van der Waals surface area contributed by atoms with Crippen molar-refractivity contribution in [2.75, 3.05) is 18.0 Å². The molecule has 32 heavy (non-hydrogen) atoms. The Morgan fingerprint density at radius 3 is 2.84 bits per heavy atom. The maximum Gasteiger partial charge on any atom is 1.00 e. The third-order valence-corrected chi connectivity index (χ3v) is 5.77. The molecule has 1 N–H and O–H groups in total. The number of aromatic nitrogens is 4. The summed E-state index contributed by atoms with van der Waals surface area (Å²) in [5.74, 6) is 0.449. The zero-order valence-corrected chi connectivity index (χ0v) is 25.6. The summed E-state index contributed by atoms with van der Waals surface area (Å²) in [4.78, 5) is 16.0. The van der Waals surface area contributed by atoms with Crippen molar-refractivity contribution in [2.45, 2.75) is 13.8 Å². The number of phenols is 1. The third-order valence-electron chi connectivity index (χ3n) is 5.45. The molecule has 4 aromatic rings. The van der Waals surface area contributed by atoms with E-state index in [2.05, 4.69) is 31.9 Å². The fraction of sp³-hybridized carbons (Fsp3) is 0.261. The number of hydrogen-bond acceptors (Lipinski definition) is 6. The molecule has 0 saturated carbocycles. The van der Waals surface area contributed by atoms with E-state index in [1.165, 1.54) is 0 Å². The summed E-state index contributed by atoms with van der Waals surface area (Å²) in [7, 11) is 1.85. The predicted octanol–water partition coefficient (Wildman–Crippen LogP) is 1.63. The van der Waals surface area contributed by atoms with E-state index >= 15 is 0 Å². The van der Waals surface area contributed by atoms with Gasteiger partial charge < -0.3 is 15.0 Å². The number of nitrogens with zero attached hydrogens (tertiary/aromatic N) is 6. The van der Waals surface area contributed by atoms with Gasteiger partial charge in [-0.2, -0.15) is 5.10 Å². The van der Waals surface area contributed by atoms with E-state index < -0.39 is 0 Å². The first-order valence-corrected chi connectivity index (χ1v) is 10.5. The van der Waals surface area contributed by atoms with Crippen LogP contribution in [0.25, 0.3) is 33.2 Å². The van der Waals surface area contributed by atoms with Crippen molar-refractivity contribution in [1.82, 2.24) is 19.7 Å². The van der Waals surface area contributed by atoms with Gasteiger partial charge >= 0.3 is 68.9 Å². The molecule has 9 heteroatoms. The number of benzene rings is 1. The van der Waals surface area contributed by atoms with Crippen LogP contribution in [0, 0.1) is 12.5 Å². The quantitative estimate of drug-likeness (QED) is 0.373. The fourth-order valence-electron chi connectivity index (χ4n) is 3.98. The van der Waals surface area contributed by atoms with Crippen molar-refractivity contribution in [3.63, 3.8) is 0 Å². The van der Waals surface area contributed by atoms with Gasteiger partial charge in [0.05, 0.1) is 28.1 Å². The Morgan fingerprint density at radius 1 is 1.22 bits per heavy atom. The van der Waals surface area contributed by atoms with Crippen molar-refractivity contribution in [2.24, 2.45) is 18.0 Å². The van der Waals surface area contributed by atoms with Gasteiger partial charge in [0, 0.05) is 42.2 Å². The van der Waals surface area contributed by atoms with Crippen LogP contribution < -0.4 is 73.8 Å². The zero-order chi connectivity index (χ0) is 21.7. The summed E-state index contributed by atoms with van der Waals surface area (Å²) in [6.45, 7) is 7.78. The molecule has 0 fully saturated rings. The second-order valence-electron chi connectivity index (χ2n) is 8.16. The number of phenolic OH excluding ortho intramolecular Hbond substituents is 1. The van der Waals surface area contributed by atoms with Crippen molar-refractivity contribution in [1.29, 1.82) is 0 Å². The first-order valence-electron chi connectivity index (χ1n) is 10.1. The number of anilines is 1. The van der Waals surface area contributed by atoms with Gasteiger partial charge in [-0.05, 0) is 24.7 Å². The van der Waals surface area contributed by atoms with Crippen LogP contribution in [0.1, 0.15) is 13.8 Å². The molecule has 158 valence electrons. The largest absolute Gasteiger partial charge is 1.00 e.